The Morgan fingerprint density at radius 3 is 2.56 bits per heavy atom. The first-order valence-electron chi connectivity index (χ1n) is 5.33. The second kappa shape index (κ2) is 6.86. The Balaban J connectivity index is 2.74. The monoisotopic (exact) mass is 284 g/mol. The van der Waals surface area contributed by atoms with E-state index < -0.39 is 11.2 Å². The predicted molar refractivity (Wildman–Crippen MR) is 62.7 cm³/mol. The molecule has 104 valence electrons. The fourth-order valence-electron chi connectivity index (χ4n) is 1.24. The van der Waals surface area contributed by atoms with Gasteiger partial charge in [-0.3, -0.25) is 0 Å². The molecule has 1 aromatic heterocycles. The van der Waals surface area contributed by atoms with E-state index in [-0.39, 0.29) is 5.13 Å². The molecular formula is C9H15F3N4OS. The lowest BCUT2D eigenvalue weighted by Gasteiger charge is -2.20. The van der Waals surface area contributed by atoms with E-state index in [9.17, 15) is 13.2 Å². The van der Waals surface area contributed by atoms with Gasteiger partial charge in [-0.25, -0.2) is 0 Å². The van der Waals surface area contributed by atoms with E-state index in [0.29, 0.717) is 44.0 Å². The lowest BCUT2D eigenvalue weighted by molar-refractivity contribution is -0.138. The van der Waals surface area contributed by atoms with Crippen molar-refractivity contribution < 1.29 is 17.9 Å². The summed E-state index contributed by atoms with van der Waals surface area (Å²) in [5.74, 6) is 0. The van der Waals surface area contributed by atoms with Crippen LogP contribution in [0.1, 0.15) is 11.4 Å². The topological polar surface area (TPSA) is 64.3 Å². The van der Waals surface area contributed by atoms with Gasteiger partial charge in [0.05, 0.1) is 6.61 Å². The first-order chi connectivity index (χ1) is 8.49. The summed E-state index contributed by atoms with van der Waals surface area (Å²) >= 11 is 0.531. The largest absolute Gasteiger partial charge is 0.445 e. The first kappa shape index (κ1) is 15.1. The Morgan fingerprint density at radius 2 is 2.06 bits per heavy atom. The maximum atomic E-state index is 12.4. The number of halogens is 3. The number of aromatic nitrogens is 2. The highest BCUT2D eigenvalue weighted by Crippen LogP contribution is 2.34. The van der Waals surface area contributed by atoms with E-state index in [1.807, 2.05) is 0 Å². The molecule has 0 aromatic carbocycles. The summed E-state index contributed by atoms with van der Waals surface area (Å²) in [4.78, 5) is 1.70. The van der Waals surface area contributed by atoms with Crippen LogP contribution in [0, 0.1) is 0 Å². The van der Waals surface area contributed by atoms with Crippen molar-refractivity contribution in [2.45, 2.75) is 12.6 Å². The van der Waals surface area contributed by atoms with Crippen LogP contribution in [-0.4, -0.2) is 43.5 Å². The molecule has 0 unspecified atom stereocenters. The molecule has 0 radical (unpaired) electrons. The van der Waals surface area contributed by atoms with Crippen molar-refractivity contribution >= 4 is 16.5 Å². The highest BCUT2D eigenvalue weighted by Gasteiger charge is 2.36. The van der Waals surface area contributed by atoms with Crippen LogP contribution in [0.15, 0.2) is 0 Å². The van der Waals surface area contributed by atoms with Crippen molar-refractivity contribution in [2.24, 2.45) is 5.73 Å². The molecule has 0 saturated carbocycles. The zero-order valence-corrected chi connectivity index (χ0v) is 10.7. The SMILES string of the molecule is COCCN(CCCN)c1nnc(C(F)(F)F)s1. The van der Waals surface area contributed by atoms with Crippen molar-refractivity contribution in [3.63, 3.8) is 0 Å². The van der Waals surface area contributed by atoms with E-state index >= 15 is 0 Å². The van der Waals surface area contributed by atoms with Crippen LogP contribution in [0.4, 0.5) is 18.3 Å². The first-order valence-corrected chi connectivity index (χ1v) is 6.15. The minimum atomic E-state index is -4.45. The Bertz CT molecular complexity index is 350. The standard InChI is InChI=1S/C9H15F3N4OS/c1-17-6-5-16(4-2-3-13)8-15-14-7(18-8)9(10,11)12/h2-6,13H2,1H3. The molecule has 0 spiro atoms. The van der Waals surface area contributed by atoms with Gasteiger partial charge in [-0.05, 0) is 13.0 Å². The number of rotatable bonds is 7. The van der Waals surface area contributed by atoms with Gasteiger partial charge in [0.1, 0.15) is 0 Å². The highest BCUT2D eigenvalue weighted by atomic mass is 32.1. The molecule has 0 saturated heterocycles. The number of anilines is 1. The lowest BCUT2D eigenvalue weighted by atomic mass is 10.4. The molecule has 0 aliphatic heterocycles. The molecule has 9 heteroatoms. The zero-order chi connectivity index (χ0) is 13.6. The van der Waals surface area contributed by atoms with Crippen molar-refractivity contribution in [1.82, 2.24) is 10.2 Å². The number of nitrogens with two attached hydrogens (primary N) is 1. The average molecular weight is 284 g/mol. The van der Waals surface area contributed by atoms with Gasteiger partial charge in [0.25, 0.3) is 0 Å². The Kier molecular flexibility index (Phi) is 5.76. The van der Waals surface area contributed by atoms with Crippen LogP contribution in [0.3, 0.4) is 0 Å². The van der Waals surface area contributed by atoms with Gasteiger partial charge < -0.3 is 15.4 Å². The number of hydrogen-bond acceptors (Lipinski definition) is 6. The molecule has 0 bridgehead atoms. The third kappa shape index (κ3) is 4.39. The molecule has 1 aromatic rings. The Labute approximate surface area is 107 Å². The molecule has 0 fully saturated rings. The molecule has 0 aliphatic rings. The fourth-order valence-corrected chi connectivity index (χ4v) is 2.01. The number of methoxy groups -OCH3 is 1. The quantitative estimate of drug-likeness (QED) is 0.819. The molecule has 2 N–H and O–H groups in total. The summed E-state index contributed by atoms with van der Waals surface area (Å²) in [5.41, 5.74) is 5.39. The average Bonchev–Trinajstić information content (AvgIpc) is 2.78. The summed E-state index contributed by atoms with van der Waals surface area (Å²) in [6.07, 6.45) is -3.78. The summed E-state index contributed by atoms with van der Waals surface area (Å²) in [5, 5.41) is 6.03. The molecule has 5 nitrogen and oxygen atoms in total. The number of hydrogen-bond donors (Lipinski definition) is 1. The maximum Gasteiger partial charge on any atom is 0.445 e. The summed E-state index contributed by atoms with van der Waals surface area (Å²) < 4.78 is 42.1. The van der Waals surface area contributed by atoms with Crippen molar-refractivity contribution in [3.8, 4) is 0 Å². The van der Waals surface area contributed by atoms with Crippen LogP contribution < -0.4 is 10.6 Å². The van der Waals surface area contributed by atoms with Gasteiger partial charge in [0, 0.05) is 20.2 Å². The van der Waals surface area contributed by atoms with E-state index in [2.05, 4.69) is 10.2 Å². The second-order valence-corrected chi connectivity index (χ2v) is 4.47. The van der Waals surface area contributed by atoms with Gasteiger partial charge in [0.15, 0.2) is 0 Å². The maximum absolute atomic E-state index is 12.4. The molecule has 0 amide bonds. The number of ether oxygens (including phenoxy) is 1. The van der Waals surface area contributed by atoms with Gasteiger partial charge >= 0.3 is 6.18 Å². The summed E-state index contributed by atoms with van der Waals surface area (Å²) in [6.45, 7) is 1.87. The molecule has 1 rings (SSSR count). The minimum absolute atomic E-state index is 0.243. The third-order valence-corrected chi connectivity index (χ3v) is 3.15. The van der Waals surface area contributed by atoms with Gasteiger partial charge in [0.2, 0.25) is 10.1 Å². The zero-order valence-electron chi connectivity index (χ0n) is 9.90. The molecule has 0 aliphatic carbocycles. The Hall–Kier alpha value is -0.930. The summed E-state index contributed by atoms with van der Waals surface area (Å²) in [7, 11) is 1.53. The molecule has 1 heterocycles. The fraction of sp³-hybridized carbons (Fsp3) is 0.778. The van der Waals surface area contributed by atoms with E-state index in [1.54, 1.807) is 4.90 Å². The normalized spacial score (nSPS) is 11.8. The Morgan fingerprint density at radius 1 is 1.33 bits per heavy atom. The van der Waals surface area contributed by atoms with Crippen molar-refractivity contribution in [3.05, 3.63) is 5.01 Å². The number of alkyl halides is 3. The molecule has 0 atom stereocenters. The van der Waals surface area contributed by atoms with Crippen LogP contribution in [0.2, 0.25) is 0 Å². The smallest absolute Gasteiger partial charge is 0.383 e. The van der Waals surface area contributed by atoms with Crippen LogP contribution in [-0.2, 0) is 10.9 Å². The predicted octanol–water partition coefficient (Wildman–Crippen LogP) is 1.36. The van der Waals surface area contributed by atoms with Crippen molar-refractivity contribution in [1.29, 1.82) is 0 Å². The number of nitrogens with zero attached hydrogens (tertiary/aromatic N) is 3. The molecular weight excluding hydrogens is 269 g/mol. The highest BCUT2D eigenvalue weighted by molar-refractivity contribution is 7.15. The second-order valence-electron chi connectivity index (χ2n) is 3.51. The van der Waals surface area contributed by atoms with Gasteiger partial charge in [-0.15, -0.1) is 10.2 Å². The van der Waals surface area contributed by atoms with E-state index in [1.165, 1.54) is 7.11 Å². The van der Waals surface area contributed by atoms with Crippen LogP contribution in [0.25, 0.3) is 0 Å². The third-order valence-electron chi connectivity index (χ3n) is 2.12. The minimum Gasteiger partial charge on any atom is -0.383 e. The van der Waals surface area contributed by atoms with Crippen molar-refractivity contribution in [2.75, 3.05) is 38.3 Å². The lowest BCUT2D eigenvalue weighted by Crippen LogP contribution is -2.29. The van der Waals surface area contributed by atoms with Gasteiger partial charge in [-0.2, -0.15) is 13.2 Å². The van der Waals surface area contributed by atoms with Crippen LogP contribution in [0.5, 0.6) is 0 Å². The summed E-state index contributed by atoms with van der Waals surface area (Å²) in [6, 6.07) is 0. The van der Waals surface area contributed by atoms with Gasteiger partial charge in [-0.1, -0.05) is 11.3 Å². The van der Waals surface area contributed by atoms with Crippen LogP contribution >= 0.6 is 11.3 Å². The molecule has 18 heavy (non-hydrogen) atoms. The van der Waals surface area contributed by atoms with E-state index in [4.69, 9.17) is 10.5 Å². The van der Waals surface area contributed by atoms with E-state index in [0.717, 1.165) is 0 Å².